The lowest BCUT2D eigenvalue weighted by Gasteiger charge is -2.30. The zero-order valence-electron chi connectivity index (χ0n) is 15.0. The van der Waals surface area contributed by atoms with Crippen molar-refractivity contribution in [3.63, 3.8) is 0 Å². The number of thiazole rings is 1. The molecule has 1 aliphatic carbocycles. The molecule has 1 amide bonds. The SMILES string of the molecule is C/C(=C1/S/C(=N/c2nccs2)N(C2CCCCC2)C1=O)c1ccc(Cl)cc1. The van der Waals surface area contributed by atoms with Gasteiger partial charge < -0.3 is 0 Å². The van der Waals surface area contributed by atoms with E-state index in [1.165, 1.54) is 42.4 Å². The summed E-state index contributed by atoms with van der Waals surface area (Å²) in [4.78, 5) is 25.0. The molecular weight excluding hydrogens is 398 g/mol. The number of aliphatic imine (C=N–C) groups is 1. The van der Waals surface area contributed by atoms with Gasteiger partial charge in [-0.2, -0.15) is 4.99 Å². The van der Waals surface area contributed by atoms with Crippen LogP contribution in [-0.2, 0) is 4.79 Å². The molecular formula is C20H20ClN3OS2. The Morgan fingerprint density at radius 3 is 2.63 bits per heavy atom. The fourth-order valence-electron chi connectivity index (χ4n) is 3.54. The van der Waals surface area contributed by atoms with E-state index in [-0.39, 0.29) is 11.9 Å². The Kier molecular flexibility index (Phi) is 5.66. The Labute approximate surface area is 172 Å². The molecule has 0 radical (unpaired) electrons. The summed E-state index contributed by atoms with van der Waals surface area (Å²) in [6.45, 7) is 1.99. The van der Waals surface area contributed by atoms with Crippen LogP contribution in [0.1, 0.15) is 44.6 Å². The summed E-state index contributed by atoms with van der Waals surface area (Å²) in [7, 11) is 0. The van der Waals surface area contributed by atoms with Gasteiger partial charge in [0.25, 0.3) is 5.91 Å². The standard InChI is InChI=1S/C20H20ClN3OS2/c1-13(14-7-9-15(21)10-8-14)17-18(25)24(16-5-3-2-4-6-16)20(27-17)23-19-22-11-12-26-19/h7-12,16H,2-6H2,1H3/b17-13-,23-20+. The first-order valence-electron chi connectivity index (χ1n) is 9.10. The molecule has 0 spiro atoms. The summed E-state index contributed by atoms with van der Waals surface area (Å²) >= 11 is 8.96. The molecule has 1 saturated carbocycles. The van der Waals surface area contributed by atoms with E-state index in [9.17, 15) is 4.79 Å². The Morgan fingerprint density at radius 1 is 1.22 bits per heavy atom. The number of nitrogens with zero attached hydrogens (tertiary/aromatic N) is 3. The van der Waals surface area contributed by atoms with E-state index in [1.807, 2.05) is 41.5 Å². The van der Waals surface area contributed by atoms with Gasteiger partial charge >= 0.3 is 0 Å². The van der Waals surface area contributed by atoms with Crippen molar-refractivity contribution < 1.29 is 4.79 Å². The summed E-state index contributed by atoms with van der Waals surface area (Å²) in [5.41, 5.74) is 1.97. The molecule has 4 nitrogen and oxygen atoms in total. The van der Waals surface area contributed by atoms with E-state index in [0.29, 0.717) is 10.2 Å². The maximum atomic E-state index is 13.3. The van der Waals surface area contributed by atoms with E-state index >= 15 is 0 Å². The van der Waals surface area contributed by atoms with Gasteiger partial charge in [-0.15, -0.1) is 11.3 Å². The third kappa shape index (κ3) is 3.98. The summed E-state index contributed by atoms with van der Waals surface area (Å²) in [5.74, 6) is 0.0645. The molecule has 2 heterocycles. The van der Waals surface area contributed by atoms with E-state index in [2.05, 4.69) is 4.98 Å². The molecule has 1 aromatic carbocycles. The smallest absolute Gasteiger partial charge is 0.267 e. The van der Waals surface area contributed by atoms with Gasteiger partial charge in [-0.05, 0) is 54.8 Å². The van der Waals surface area contributed by atoms with Crippen molar-refractivity contribution in [3.8, 4) is 0 Å². The van der Waals surface area contributed by atoms with Crippen LogP contribution in [-0.4, -0.2) is 27.0 Å². The van der Waals surface area contributed by atoms with Crippen molar-refractivity contribution in [1.29, 1.82) is 0 Å². The van der Waals surface area contributed by atoms with E-state index in [4.69, 9.17) is 16.6 Å². The van der Waals surface area contributed by atoms with Gasteiger partial charge in [-0.3, -0.25) is 9.69 Å². The third-order valence-electron chi connectivity index (χ3n) is 4.98. The monoisotopic (exact) mass is 417 g/mol. The molecule has 0 N–H and O–H groups in total. The zero-order chi connectivity index (χ0) is 18.8. The summed E-state index contributed by atoms with van der Waals surface area (Å²) in [6.07, 6.45) is 7.40. The van der Waals surface area contributed by atoms with Crippen LogP contribution in [0.3, 0.4) is 0 Å². The van der Waals surface area contributed by atoms with Crippen LogP contribution in [0.25, 0.3) is 5.57 Å². The number of amides is 1. The second-order valence-electron chi connectivity index (χ2n) is 6.74. The van der Waals surface area contributed by atoms with Crippen molar-refractivity contribution >= 4 is 56.5 Å². The Balaban J connectivity index is 1.73. The summed E-state index contributed by atoms with van der Waals surface area (Å²) < 4.78 is 0. The molecule has 0 atom stereocenters. The van der Waals surface area contributed by atoms with Crippen LogP contribution < -0.4 is 0 Å². The highest BCUT2D eigenvalue weighted by Crippen LogP contribution is 2.41. The quantitative estimate of drug-likeness (QED) is 0.565. The number of amidine groups is 1. The molecule has 1 saturated heterocycles. The van der Waals surface area contributed by atoms with E-state index < -0.39 is 0 Å². The molecule has 27 heavy (non-hydrogen) atoms. The highest BCUT2D eigenvalue weighted by atomic mass is 35.5. The highest BCUT2D eigenvalue weighted by Gasteiger charge is 2.39. The number of rotatable bonds is 3. The lowest BCUT2D eigenvalue weighted by Crippen LogP contribution is -2.40. The number of halogens is 1. The van der Waals surface area contributed by atoms with Gasteiger partial charge in [0.15, 0.2) is 5.17 Å². The Morgan fingerprint density at radius 2 is 1.96 bits per heavy atom. The lowest BCUT2D eigenvalue weighted by atomic mass is 9.94. The first kappa shape index (κ1) is 18.7. The van der Waals surface area contributed by atoms with Crippen molar-refractivity contribution in [2.45, 2.75) is 45.1 Å². The van der Waals surface area contributed by atoms with Gasteiger partial charge in [-0.25, -0.2) is 4.98 Å². The Bertz CT molecular complexity index is 884. The highest BCUT2D eigenvalue weighted by molar-refractivity contribution is 8.18. The van der Waals surface area contributed by atoms with Gasteiger partial charge in [0.05, 0.1) is 4.91 Å². The van der Waals surface area contributed by atoms with Crippen LogP contribution >= 0.6 is 34.7 Å². The number of benzene rings is 1. The van der Waals surface area contributed by atoms with E-state index in [0.717, 1.165) is 34.1 Å². The first-order valence-corrected chi connectivity index (χ1v) is 11.2. The van der Waals surface area contributed by atoms with Crippen molar-refractivity contribution in [2.75, 3.05) is 0 Å². The average Bonchev–Trinajstić information content (AvgIpc) is 3.31. The van der Waals surface area contributed by atoms with Crippen molar-refractivity contribution in [2.24, 2.45) is 4.99 Å². The number of aromatic nitrogens is 1. The van der Waals surface area contributed by atoms with Crippen LogP contribution in [0.2, 0.25) is 5.02 Å². The number of hydrogen-bond donors (Lipinski definition) is 0. The van der Waals surface area contributed by atoms with Gasteiger partial charge in [0.1, 0.15) is 0 Å². The Hall–Kier alpha value is -1.63. The first-order chi connectivity index (χ1) is 13.1. The van der Waals surface area contributed by atoms with Crippen molar-refractivity contribution in [3.05, 3.63) is 51.3 Å². The van der Waals surface area contributed by atoms with E-state index in [1.54, 1.807) is 6.20 Å². The topological polar surface area (TPSA) is 45.6 Å². The normalized spacial score (nSPS) is 21.9. The molecule has 2 aromatic rings. The van der Waals surface area contributed by atoms with Gasteiger partial charge in [0.2, 0.25) is 5.13 Å². The maximum Gasteiger partial charge on any atom is 0.267 e. The molecule has 1 aliphatic heterocycles. The fourth-order valence-corrected chi connectivity index (χ4v) is 5.33. The van der Waals surface area contributed by atoms with Gasteiger partial charge in [0, 0.05) is 22.6 Å². The second kappa shape index (κ2) is 8.17. The predicted octanol–water partition coefficient (Wildman–Crippen LogP) is 6.12. The number of thioether (sulfide) groups is 1. The maximum absolute atomic E-state index is 13.3. The second-order valence-corrected chi connectivity index (χ2v) is 9.03. The average molecular weight is 418 g/mol. The molecule has 2 aliphatic rings. The van der Waals surface area contributed by atoms with Crippen LogP contribution in [0.5, 0.6) is 0 Å². The molecule has 2 fully saturated rings. The minimum atomic E-state index is 0.0645. The molecule has 7 heteroatoms. The van der Waals surface area contributed by atoms with Crippen LogP contribution in [0.15, 0.2) is 45.7 Å². The lowest BCUT2D eigenvalue weighted by molar-refractivity contribution is -0.124. The number of hydrogen-bond acceptors (Lipinski definition) is 5. The minimum Gasteiger partial charge on any atom is -0.283 e. The largest absolute Gasteiger partial charge is 0.283 e. The minimum absolute atomic E-state index is 0.0645. The fraction of sp³-hybridized carbons (Fsp3) is 0.350. The van der Waals surface area contributed by atoms with Gasteiger partial charge in [-0.1, -0.05) is 43.0 Å². The number of carbonyl (C=O) groups is 1. The summed E-state index contributed by atoms with van der Waals surface area (Å²) in [5, 5.41) is 4.04. The molecule has 0 bridgehead atoms. The third-order valence-corrected chi connectivity index (χ3v) is 7.05. The number of carbonyl (C=O) groups excluding carboxylic acids is 1. The van der Waals surface area contributed by atoms with Crippen molar-refractivity contribution in [1.82, 2.24) is 9.88 Å². The number of allylic oxidation sites excluding steroid dienone is 1. The molecule has 140 valence electrons. The molecule has 4 rings (SSSR count). The van der Waals surface area contributed by atoms with Crippen LogP contribution in [0, 0.1) is 0 Å². The zero-order valence-corrected chi connectivity index (χ0v) is 17.4. The summed E-state index contributed by atoms with van der Waals surface area (Å²) in [6, 6.07) is 7.86. The molecule has 1 aromatic heterocycles. The predicted molar refractivity (Wildman–Crippen MR) is 115 cm³/mol. The van der Waals surface area contributed by atoms with Crippen LogP contribution in [0.4, 0.5) is 5.13 Å². The molecule has 0 unspecified atom stereocenters.